The van der Waals surface area contributed by atoms with Gasteiger partial charge in [-0.25, -0.2) is 0 Å². The molecule has 0 aromatic heterocycles. The van der Waals surface area contributed by atoms with Crippen molar-refractivity contribution in [2.75, 3.05) is 26.4 Å². The summed E-state index contributed by atoms with van der Waals surface area (Å²) in [7, 11) is 0. The zero-order valence-electron chi connectivity index (χ0n) is 11.0. The number of aryl methyl sites for hydroxylation is 1. The average Bonchev–Trinajstić information content (AvgIpc) is 2.37. The molecule has 0 aliphatic rings. The van der Waals surface area contributed by atoms with Crippen LogP contribution < -0.4 is 10.5 Å². The van der Waals surface area contributed by atoms with Crippen molar-refractivity contribution in [2.24, 2.45) is 5.73 Å². The third kappa shape index (κ3) is 6.24. The van der Waals surface area contributed by atoms with Gasteiger partial charge in [0.2, 0.25) is 0 Å². The predicted octanol–water partition coefficient (Wildman–Crippen LogP) is 3.17. The van der Waals surface area contributed by atoms with Gasteiger partial charge >= 0.3 is 0 Å². The van der Waals surface area contributed by atoms with Gasteiger partial charge in [0.1, 0.15) is 12.4 Å². The van der Waals surface area contributed by atoms with Crippen molar-refractivity contribution in [3.8, 4) is 5.75 Å². The van der Waals surface area contributed by atoms with Crippen LogP contribution in [0.15, 0.2) is 18.2 Å². The third-order valence-corrected chi connectivity index (χ3v) is 3.04. The number of hydrogen-bond donors (Lipinski definition) is 1. The lowest BCUT2D eigenvalue weighted by Crippen LogP contribution is -2.08. The second-order valence-electron chi connectivity index (χ2n) is 4.22. The largest absolute Gasteiger partial charge is 0.491 e. The molecule has 0 bridgehead atoms. The number of unbranched alkanes of at least 4 members (excludes halogenated alkanes) is 2. The molecule has 1 rings (SSSR count). The van der Waals surface area contributed by atoms with Gasteiger partial charge in [0, 0.05) is 11.6 Å². The van der Waals surface area contributed by atoms with Crippen molar-refractivity contribution in [2.45, 2.75) is 26.2 Å². The Kier molecular flexibility index (Phi) is 7.81. The maximum Gasteiger partial charge on any atom is 0.119 e. The summed E-state index contributed by atoms with van der Waals surface area (Å²) in [4.78, 5) is 0. The van der Waals surface area contributed by atoms with Gasteiger partial charge < -0.3 is 15.2 Å². The number of halogens is 1. The van der Waals surface area contributed by atoms with E-state index in [1.165, 1.54) is 0 Å². The maximum absolute atomic E-state index is 5.94. The van der Waals surface area contributed by atoms with E-state index < -0.39 is 0 Å². The Hall–Kier alpha value is -0.770. The van der Waals surface area contributed by atoms with Crippen LogP contribution in [0.4, 0.5) is 0 Å². The SMILES string of the molecule is Cc1cc(OCCOCCCCCN)ccc1Cl. The van der Waals surface area contributed by atoms with Crippen LogP contribution in [0.5, 0.6) is 5.75 Å². The molecule has 1 aromatic rings. The first-order chi connectivity index (χ1) is 8.74. The highest BCUT2D eigenvalue weighted by molar-refractivity contribution is 6.31. The number of nitrogens with two attached hydrogens (primary N) is 1. The smallest absolute Gasteiger partial charge is 0.119 e. The monoisotopic (exact) mass is 271 g/mol. The molecule has 0 spiro atoms. The molecule has 0 unspecified atom stereocenters. The fourth-order valence-corrected chi connectivity index (χ4v) is 1.67. The number of hydrogen-bond acceptors (Lipinski definition) is 3. The topological polar surface area (TPSA) is 44.5 Å². The molecule has 0 saturated carbocycles. The van der Waals surface area contributed by atoms with E-state index in [0.717, 1.165) is 48.7 Å². The molecule has 3 nitrogen and oxygen atoms in total. The first-order valence-electron chi connectivity index (χ1n) is 6.41. The lowest BCUT2D eigenvalue weighted by molar-refractivity contribution is 0.0972. The molecule has 0 fully saturated rings. The molecule has 0 aliphatic carbocycles. The Morgan fingerprint density at radius 3 is 2.67 bits per heavy atom. The van der Waals surface area contributed by atoms with E-state index in [1.54, 1.807) is 0 Å². The van der Waals surface area contributed by atoms with Crippen LogP contribution in [0.2, 0.25) is 5.02 Å². The fraction of sp³-hybridized carbons (Fsp3) is 0.571. The second kappa shape index (κ2) is 9.20. The molecule has 0 radical (unpaired) electrons. The summed E-state index contributed by atoms with van der Waals surface area (Å²) in [5, 5.41) is 0.763. The molecule has 0 aliphatic heterocycles. The normalized spacial score (nSPS) is 10.6. The first kappa shape index (κ1) is 15.3. The Balaban J connectivity index is 2.05. The molecule has 0 atom stereocenters. The Morgan fingerprint density at radius 1 is 1.11 bits per heavy atom. The van der Waals surface area contributed by atoms with E-state index in [2.05, 4.69) is 0 Å². The van der Waals surface area contributed by atoms with Crippen molar-refractivity contribution in [1.29, 1.82) is 0 Å². The summed E-state index contributed by atoms with van der Waals surface area (Å²) in [5.41, 5.74) is 6.43. The standard InChI is InChI=1S/C14H22ClNO2/c1-12-11-13(5-6-14(12)15)18-10-9-17-8-4-2-3-7-16/h5-6,11H,2-4,7-10,16H2,1H3. The van der Waals surface area contributed by atoms with Crippen molar-refractivity contribution in [3.05, 3.63) is 28.8 Å². The quantitative estimate of drug-likeness (QED) is 0.702. The minimum absolute atomic E-state index is 0.567. The molecule has 0 saturated heterocycles. The molecular formula is C14H22ClNO2. The molecule has 102 valence electrons. The minimum Gasteiger partial charge on any atom is -0.491 e. The third-order valence-electron chi connectivity index (χ3n) is 2.62. The van der Waals surface area contributed by atoms with Crippen molar-refractivity contribution in [3.63, 3.8) is 0 Å². The Labute approximate surface area is 114 Å². The molecule has 2 N–H and O–H groups in total. The average molecular weight is 272 g/mol. The van der Waals surface area contributed by atoms with E-state index >= 15 is 0 Å². The molecule has 0 amide bonds. The zero-order valence-corrected chi connectivity index (χ0v) is 11.7. The summed E-state index contributed by atoms with van der Waals surface area (Å²) in [6.45, 7) is 4.69. The van der Waals surface area contributed by atoms with Gasteiger partial charge in [0.25, 0.3) is 0 Å². The Morgan fingerprint density at radius 2 is 1.94 bits per heavy atom. The summed E-state index contributed by atoms with van der Waals surface area (Å²) >= 11 is 5.94. The summed E-state index contributed by atoms with van der Waals surface area (Å²) in [5.74, 6) is 0.837. The number of ether oxygens (including phenoxy) is 2. The van der Waals surface area contributed by atoms with E-state index in [-0.39, 0.29) is 0 Å². The van der Waals surface area contributed by atoms with Gasteiger partial charge in [-0.1, -0.05) is 11.6 Å². The summed E-state index contributed by atoms with van der Waals surface area (Å²) < 4.78 is 11.0. The molecule has 1 aromatic carbocycles. The van der Waals surface area contributed by atoms with Crippen LogP contribution in [0.3, 0.4) is 0 Å². The highest BCUT2D eigenvalue weighted by Crippen LogP contribution is 2.20. The van der Waals surface area contributed by atoms with Crippen molar-refractivity contribution < 1.29 is 9.47 Å². The molecular weight excluding hydrogens is 250 g/mol. The molecule has 4 heteroatoms. The minimum atomic E-state index is 0.567. The van der Waals surface area contributed by atoms with Gasteiger partial charge in [-0.15, -0.1) is 0 Å². The predicted molar refractivity (Wildman–Crippen MR) is 75.4 cm³/mol. The van der Waals surface area contributed by atoms with Crippen LogP contribution in [0.25, 0.3) is 0 Å². The van der Waals surface area contributed by atoms with Crippen LogP contribution in [-0.2, 0) is 4.74 Å². The van der Waals surface area contributed by atoms with Crippen molar-refractivity contribution in [1.82, 2.24) is 0 Å². The maximum atomic E-state index is 5.94. The van der Waals surface area contributed by atoms with Gasteiger partial charge in [0.15, 0.2) is 0 Å². The molecule has 18 heavy (non-hydrogen) atoms. The lowest BCUT2D eigenvalue weighted by atomic mass is 10.2. The van der Waals surface area contributed by atoms with Crippen LogP contribution in [-0.4, -0.2) is 26.4 Å². The summed E-state index contributed by atoms with van der Waals surface area (Å²) in [6.07, 6.45) is 3.27. The number of rotatable bonds is 9. The molecule has 0 heterocycles. The zero-order chi connectivity index (χ0) is 13.2. The van der Waals surface area contributed by atoms with E-state index in [4.69, 9.17) is 26.8 Å². The van der Waals surface area contributed by atoms with E-state index in [0.29, 0.717) is 13.2 Å². The first-order valence-corrected chi connectivity index (χ1v) is 6.78. The van der Waals surface area contributed by atoms with Gasteiger partial charge in [-0.05, 0) is 56.5 Å². The highest BCUT2D eigenvalue weighted by Gasteiger charge is 1.98. The second-order valence-corrected chi connectivity index (χ2v) is 4.63. The Bertz CT molecular complexity index is 345. The lowest BCUT2D eigenvalue weighted by Gasteiger charge is -2.08. The van der Waals surface area contributed by atoms with Gasteiger partial charge in [-0.2, -0.15) is 0 Å². The fourth-order valence-electron chi connectivity index (χ4n) is 1.55. The van der Waals surface area contributed by atoms with Gasteiger partial charge in [-0.3, -0.25) is 0 Å². The van der Waals surface area contributed by atoms with E-state index in [1.807, 2.05) is 25.1 Å². The summed E-state index contributed by atoms with van der Waals surface area (Å²) in [6, 6.07) is 5.65. The van der Waals surface area contributed by atoms with E-state index in [9.17, 15) is 0 Å². The highest BCUT2D eigenvalue weighted by atomic mass is 35.5. The van der Waals surface area contributed by atoms with Crippen molar-refractivity contribution >= 4 is 11.6 Å². The number of benzene rings is 1. The van der Waals surface area contributed by atoms with Gasteiger partial charge in [0.05, 0.1) is 6.61 Å². The van der Waals surface area contributed by atoms with Crippen LogP contribution in [0.1, 0.15) is 24.8 Å². The van der Waals surface area contributed by atoms with Crippen LogP contribution >= 0.6 is 11.6 Å². The van der Waals surface area contributed by atoms with Crippen LogP contribution in [0, 0.1) is 6.92 Å².